The maximum atomic E-state index is 14.9. The van der Waals surface area contributed by atoms with E-state index in [1.807, 2.05) is 24.3 Å². The number of carbonyl (C=O) groups excluding carboxylic acids is 1. The van der Waals surface area contributed by atoms with Gasteiger partial charge in [-0.1, -0.05) is 117 Å². The van der Waals surface area contributed by atoms with Crippen LogP contribution in [0.2, 0.25) is 10.0 Å². The smallest absolute Gasteiger partial charge is 0.263 e. The van der Waals surface area contributed by atoms with Gasteiger partial charge in [0.15, 0.2) is 23.3 Å². The number of aromatic amines is 2. The lowest BCUT2D eigenvalue weighted by atomic mass is 9.87. The van der Waals surface area contributed by atoms with Crippen molar-refractivity contribution in [2.24, 2.45) is 0 Å². The SMILES string of the molecule is CC(=O)Nc1ccc(S(=O)(=O)Nc2n[nH]c3c(F)c(Cl)c(-c4ccccc4)cc23)cc1.CC(C)(C)c1ccc(S(=O)(=O)Nc2n[nH]c3c(F)c(Cl)c(-c4ccccc4)cc23)cc1. The first-order valence-electron chi connectivity index (χ1n) is 18.7. The molecule has 62 heavy (non-hydrogen) atoms. The molecule has 6 aromatic carbocycles. The predicted octanol–water partition coefficient (Wildman–Crippen LogP) is 10.9. The van der Waals surface area contributed by atoms with Crippen LogP contribution in [0.25, 0.3) is 44.1 Å². The molecule has 0 aliphatic rings. The van der Waals surface area contributed by atoms with Crippen LogP contribution in [-0.4, -0.2) is 43.1 Å². The van der Waals surface area contributed by atoms with Gasteiger partial charge in [0.2, 0.25) is 5.91 Å². The lowest BCUT2D eigenvalue weighted by molar-refractivity contribution is -0.114. The number of carbonyl (C=O) groups is 1. The highest BCUT2D eigenvalue weighted by Crippen LogP contribution is 2.39. The number of aromatic nitrogens is 4. The van der Waals surface area contributed by atoms with Crippen molar-refractivity contribution < 1.29 is 30.4 Å². The molecular formula is C44H37Cl2F2N7O5S2. The first kappa shape index (κ1) is 43.7. The van der Waals surface area contributed by atoms with Gasteiger partial charge in [-0.25, -0.2) is 25.6 Å². The van der Waals surface area contributed by atoms with Crippen LogP contribution < -0.4 is 14.8 Å². The predicted molar refractivity (Wildman–Crippen MR) is 241 cm³/mol. The Morgan fingerprint density at radius 2 is 1.00 bits per heavy atom. The van der Waals surface area contributed by atoms with E-state index < -0.39 is 31.7 Å². The maximum Gasteiger partial charge on any atom is 0.263 e. The molecule has 12 nitrogen and oxygen atoms in total. The van der Waals surface area contributed by atoms with Gasteiger partial charge in [-0.05, 0) is 70.6 Å². The molecule has 0 unspecified atom stereocenters. The van der Waals surface area contributed by atoms with E-state index in [0.29, 0.717) is 27.9 Å². The molecule has 0 aliphatic heterocycles. The fraction of sp³-hybridized carbons (Fsp3) is 0.114. The number of anilines is 3. The van der Waals surface area contributed by atoms with Gasteiger partial charge >= 0.3 is 0 Å². The fourth-order valence-corrected chi connectivity index (χ4v) is 8.99. The van der Waals surface area contributed by atoms with Crippen molar-refractivity contribution in [3.8, 4) is 22.3 Å². The average Bonchev–Trinajstić information content (AvgIpc) is 3.84. The first-order valence-corrected chi connectivity index (χ1v) is 22.4. The number of halogens is 4. The molecule has 18 heteroatoms. The van der Waals surface area contributed by atoms with Crippen LogP contribution in [0, 0.1) is 11.6 Å². The highest BCUT2D eigenvalue weighted by molar-refractivity contribution is 7.93. The fourth-order valence-electron chi connectivity index (χ4n) is 6.43. The van der Waals surface area contributed by atoms with Crippen molar-refractivity contribution in [1.29, 1.82) is 0 Å². The molecule has 0 radical (unpaired) electrons. The van der Waals surface area contributed by atoms with E-state index >= 15 is 0 Å². The van der Waals surface area contributed by atoms with Gasteiger partial charge in [0.25, 0.3) is 20.0 Å². The minimum Gasteiger partial charge on any atom is -0.326 e. The van der Waals surface area contributed by atoms with E-state index in [1.165, 1.54) is 31.2 Å². The molecule has 2 heterocycles. The number of hydrogen-bond donors (Lipinski definition) is 5. The zero-order valence-corrected chi connectivity index (χ0v) is 36.5. The Balaban J connectivity index is 0.000000186. The number of rotatable bonds is 9. The normalized spacial score (nSPS) is 11.9. The molecule has 318 valence electrons. The van der Waals surface area contributed by atoms with Gasteiger partial charge in [0, 0.05) is 34.5 Å². The average molecular weight is 917 g/mol. The lowest BCUT2D eigenvalue weighted by Crippen LogP contribution is -2.15. The Kier molecular flexibility index (Phi) is 12.1. The topological polar surface area (TPSA) is 179 Å². The van der Waals surface area contributed by atoms with E-state index in [9.17, 15) is 30.4 Å². The summed E-state index contributed by atoms with van der Waals surface area (Å²) in [7, 11) is -7.95. The number of benzene rings is 6. The summed E-state index contributed by atoms with van der Waals surface area (Å²) in [5, 5.41) is 15.9. The summed E-state index contributed by atoms with van der Waals surface area (Å²) < 4.78 is 86.0. The van der Waals surface area contributed by atoms with Gasteiger partial charge < -0.3 is 5.32 Å². The van der Waals surface area contributed by atoms with Crippen molar-refractivity contribution >= 4 is 88.3 Å². The second-order valence-electron chi connectivity index (χ2n) is 15.0. The number of hydrogen-bond acceptors (Lipinski definition) is 7. The summed E-state index contributed by atoms with van der Waals surface area (Å²) >= 11 is 12.4. The number of nitrogens with zero attached hydrogens (tertiary/aromatic N) is 2. The van der Waals surface area contributed by atoms with Crippen LogP contribution >= 0.6 is 23.2 Å². The van der Waals surface area contributed by atoms with Crippen LogP contribution in [0.15, 0.2) is 131 Å². The molecule has 0 spiro atoms. The second-order valence-corrected chi connectivity index (χ2v) is 19.1. The van der Waals surface area contributed by atoms with Crippen LogP contribution in [0.4, 0.5) is 26.1 Å². The van der Waals surface area contributed by atoms with E-state index in [2.05, 4.69) is 55.9 Å². The maximum absolute atomic E-state index is 14.9. The zero-order chi connectivity index (χ0) is 44.6. The van der Waals surface area contributed by atoms with Gasteiger partial charge in [-0.15, -0.1) is 0 Å². The van der Waals surface area contributed by atoms with Crippen LogP contribution in [-0.2, 0) is 30.3 Å². The van der Waals surface area contributed by atoms with Crippen LogP contribution in [0.1, 0.15) is 33.3 Å². The summed E-state index contributed by atoms with van der Waals surface area (Å²) in [6.07, 6.45) is 0. The highest BCUT2D eigenvalue weighted by atomic mass is 35.5. The number of sulfonamides is 2. The molecule has 0 bridgehead atoms. The van der Waals surface area contributed by atoms with Crippen molar-refractivity contribution in [3.63, 3.8) is 0 Å². The quantitative estimate of drug-likeness (QED) is 0.0956. The van der Waals surface area contributed by atoms with Crippen LogP contribution in [0.5, 0.6) is 0 Å². The van der Waals surface area contributed by atoms with Gasteiger partial charge in [-0.3, -0.25) is 24.4 Å². The third-order valence-corrected chi connectivity index (χ3v) is 13.1. The Morgan fingerprint density at radius 3 is 1.37 bits per heavy atom. The molecule has 8 aromatic rings. The second kappa shape index (κ2) is 17.2. The molecule has 1 amide bonds. The highest BCUT2D eigenvalue weighted by Gasteiger charge is 2.24. The van der Waals surface area contributed by atoms with E-state index in [0.717, 1.165) is 5.56 Å². The third-order valence-electron chi connectivity index (χ3n) is 9.63. The molecule has 0 aliphatic carbocycles. The largest absolute Gasteiger partial charge is 0.326 e. The third kappa shape index (κ3) is 9.13. The molecule has 5 N–H and O–H groups in total. The summed E-state index contributed by atoms with van der Waals surface area (Å²) in [6, 6.07) is 33.5. The standard InChI is InChI=1S/C23H21ClFN3O2S.C21H16ClFN4O3S/c1-23(2,3)15-9-11-16(12-10-15)31(29,30)28-22-18-13-17(14-7-5-4-6-8-14)19(24)20(25)21(18)26-27-22;1-12(28)24-14-7-9-15(10-8-14)31(29,30)27-21-17-11-16(13-5-3-2-4-6-13)18(22)19(23)20(17)25-26-21/h4-13H,1-3H3,(H2,26,27,28);2-11H,1H3,(H,24,28)(H2,25,26,27). The molecular weight excluding hydrogens is 880 g/mol. The molecule has 0 fully saturated rings. The molecule has 0 saturated heterocycles. The summed E-state index contributed by atoms with van der Waals surface area (Å²) in [6.45, 7) is 7.50. The molecule has 0 atom stereocenters. The Morgan fingerprint density at radius 1 is 0.613 bits per heavy atom. The summed E-state index contributed by atoms with van der Waals surface area (Å²) in [5.74, 6) is -1.75. The van der Waals surface area contributed by atoms with Crippen molar-refractivity contribution in [2.75, 3.05) is 14.8 Å². The number of amides is 1. The zero-order valence-electron chi connectivity index (χ0n) is 33.3. The van der Waals surface area contributed by atoms with Gasteiger partial charge in [-0.2, -0.15) is 10.2 Å². The van der Waals surface area contributed by atoms with Crippen LogP contribution in [0.3, 0.4) is 0 Å². The van der Waals surface area contributed by atoms with Crippen molar-refractivity contribution in [2.45, 2.75) is 42.9 Å². The Labute approximate surface area is 365 Å². The summed E-state index contributed by atoms with van der Waals surface area (Å²) in [4.78, 5) is 11.2. The minimum atomic E-state index is -4.02. The lowest BCUT2D eigenvalue weighted by Gasteiger charge is -2.19. The molecule has 2 aromatic heterocycles. The molecule has 8 rings (SSSR count). The Hall–Kier alpha value is -6.33. The van der Waals surface area contributed by atoms with Gasteiger partial charge in [0.1, 0.15) is 11.0 Å². The van der Waals surface area contributed by atoms with Crippen molar-refractivity contribution in [1.82, 2.24) is 20.4 Å². The van der Waals surface area contributed by atoms with Gasteiger partial charge in [0.05, 0.1) is 19.8 Å². The number of H-pyrrole nitrogens is 2. The monoisotopic (exact) mass is 915 g/mol. The number of nitrogens with one attached hydrogen (secondary N) is 5. The molecule has 0 saturated carbocycles. The first-order chi connectivity index (χ1) is 29.3. The van der Waals surface area contributed by atoms with E-state index in [4.69, 9.17) is 23.2 Å². The summed E-state index contributed by atoms with van der Waals surface area (Å²) in [5.41, 5.74) is 3.64. The van der Waals surface area contributed by atoms with E-state index in [-0.39, 0.29) is 64.6 Å². The van der Waals surface area contributed by atoms with E-state index in [1.54, 1.807) is 72.8 Å². The number of fused-ring (bicyclic) bond motifs is 2. The Bertz CT molecular complexity index is 3180. The van der Waals surface area contributed by atoms with Crippen molar-refractivity contribution in [3.05, 3.63) is 149 Å². The minimum absolute atomic E-state index is 0.00245.